The Balaban J connectivity index is 1.51. The fourth-order valence-corrected chi connectivity index (χ4v) is 6.11. The summed E-state index contributed by atoms with van der Waals surface area (Å²) in [6.45, 7) is 2.10. The largest absolute Gasteiger partial charge is 0.296 e. The molecule has 0 aliphatic rings. The Labute approximate surface area is 249 Å². The van der Waals surface area contributed by atoms with E-state index in [9.17, 15) is 0 Å². The molecule has 2 heteroatoms. The Morgan fingerprint density at radius 1 is 0.634 bits per heavy atom. The number of benzene rings is 7. The summed E-state index contributed by atoms with van der Waals surface area (Å²) in [6, 6.07) is 29.6. The van der Waals surface area contributed by atoms with Gasteiger partial charge in [0.2, 0.25) is 0 Å². The highest BCUT2D eigenvalue weighted by molar-refractivity contribution is 6.23. The first-order valence-corrected chi connectivity index (χ1v) is 13.7. The summed E-state index contributed by atoms with van der Waals surface area (Å²) in [7, 11) is 0. The van der Waals surface area contributed by atoms with E-state index in [2.05, 4.69) is 35.8 Å². The second kappa shape index (κ2) is 9.46. The minimum absolute atomic E-state index is 0.0544. The van der Waals surface area contributed by atoms with Gasteiger partial charge in [0.05, 0.1) is 20.6 Å². The summed E-state index contributed by atoms with van der Waals surface area (Å²) in [6.07, 6.45) is 0.762. The van der Waals surface area contributed by atoms with Crippen molar-refractivity contribution in [3.05, 3.63) is 145 Å². The monoisotopic (exact) mass is 531 g/mol. The van der Waals surface area contributed by atoms with Gasteiger partial charge < -0.3 is 0 Å². The number of imidazole rings is 1. The zero-order chi connectivity index (χ0) is 33.4. The van der Waals surface area contributed by atoms with Crippen LogP contribution in [0, 0.1) is 0 Å². The number of aryl methyl sites for hydroxylation is 1. The first kappa shape index (κ1) is 17.5. The van der Waals surface area contributed by atoms with E-state index in [0.29, 0.717) is 5.56 Å². The van der Waals surface area contributed by atoms with Crippen molar-refractivity contribution in [3.8, 4) is 27.9 Å². The average Bonchev–Trinajstić information content (AvgIpc) is 3.50. The highest BCUT2D eigenvalue weighted by Crippen LogP contribution is 2.45. The lowest BCUT2D eigenvalue weighted by atomic mass is 9.84. The van der Waals surface area contributed by atoms with Gasteiger partial charge in [-0.2, -0.15) is 0 Å². The van der Waals surface area contributed by atoms with E-state index < -0.39 is 12.1 Å². The summed E-state index contributed by atoms with van der Waals surface area (Å²) in [5.74, 6) is 0.960. The van der Waals surface area contributed by atoms with E-state index in [1.165, 1.54) is 0 Å². The molecule has 7 aromatic carbocycles. The minimum Gasteiger partial charge on any atom is -0.296 e. The predicted molar refractivity (Wildman–Crippen MR) is 174 cm³/mol. The van der Waals surface area contributed by atoms with E-state index in [1.807, 2.05) is 72.8 Å². The van der Waals surface area contributed by atoms with Crippen molar-refractivity contribution in [2.75, 3.05) is 0 Å². The second-order valence-electron chi connectivity index (χ2n) is 10.1. The van der Waals surface area contributed by atoms with Crippen LogP contribution in [0.3, 0.4) is 0 Å². The topological polar surface area (TPSA) is 17.8 Å². The molecule has 0 spiro atoms. The quantitative estimate of drug-likeness (QED) is 0.207. The van der Waals surface area contributed by atoms with Gasteiger partial charge in [0, 0.05) is 12.1 Å². The van der Waals surface area contributed by atoms with E-state index in [-0.39, 0.29) is 46.5 Å². The molecule has 0 saturated heterocycles. The van der Waals surface area contributed by atoms with Crippen LogP contribution in [0.25, 0.3) is 71.3 Å². The lowest BCUT2D eigenvalue weighted by Crippen LogP contribution is -2.00. The van der Waals surface area contributed by atoms with Crippen LogP contribution in [0.2, 0.25) is 0 Å². The molecule has 0 fully saturated rings. The third kappa shape index (κ3) is 3.68. The molecule has 0 bridgehead atoms. The summed E-state index contributed by atoms with van der Waals surface area (Å²) in [5, 5.41) is 3.36. The molecule has 0 atom stereocenters. The summed E-state index contributed by atoms with van der Waals surface area (Å²) in [5.41, 5.74) is 5.73. The fraction of sp³-hybridized carbons (Fsp3) is 0.0513. The Morgan fingerprint density at radius 2 is 1.29 bits per heavy atom. The van der Waals surface area contributed by atoms with E-state index in [4.69, 9.17) is 14.6 Å². The smallest absolute Gasteiger partial charge is 0.114 e. The summed E-state index contributed by atoms with van der Waals surface area (Å²) >= 11 is 0. The zero-order valence-electron chi connectivity index (χ0n) is 29.3. The number of nitrogens with zero attached hydrogens (tertiary/aromatic N) is 2. The predicted octanol–water partition coefficient (Wildman–Crippen LogP) is 10.4. The van der Waals surface area contributed by atoms with Crippen LogP contribution >= 0.6 is 0 Å². The Kier molecular flexibility index (Phi) is 4.03. The molecular formula is C39H28N2. The van der Waals surface area contributed by atoms with Crippen molar-refractivity contribution in [1.29, 1.82) is 0 Å². The fourth-order valence-electron chi connectivity index (χ4n) is 6.11. The van der Waals surface area contributed by atoms with Crippen molar-refractivity contribution in [1.82, 2.24) is 9.55 Å². The van der Waals surface area contributed by atoms with E-state index >= 15 is 0 Å². The Hall–Kier alpha value is -5.21. The third-order valence-corrected chi connectivity index (χ3v) is 7.83. The number of hydrogen-bond acceptors (Lipinski definition) is 1. The van der Waals surface area contributed by atoms with Gasteiger partial charge >= 0.3 is 0 Å². The third-order valence-electron chi connectivity index (χ3n) is 7.83. The van der Waals surface area contributed by atoms with Crippen molar-refractivity contribution in [2.24, 2.45) is 0 Å². The van der Waals surface area contributed by atoms with Gasteiger partial charge in [0.25, 0.3) is 0 Å². The Bertz CT molecular complexity index is 2580. The van der Waals surface area contributed by atoms with Crippen molar-refractivity contribution in [2.45, 2.75) is 13.3 Å². The molecule has 41 heavy (non-hydrogen) atoms. The standard InChI is InChI=1S/C39H28N2/c1-2-37-40-35-23-9-10-24-36(35)41(37)28-16-11-15-27(25-28)38-31-18-5-7-20-33(31)39(34-21-8-6-19-32(34)38)30-22-12-14-26-13-3-4-17-29(26)30/h3-25H,2H2,1H3/i3D,4D,12D,13D,14D,17D,22D. The van der Waals surface area contributed by atoms with E-state index in [1.54, 1.807) is 0 Å². The molecule has 0 N–H and O–H groups in total. The molecule has 194 valence electrons. The van der Waals surface area contributed by atoms with Crippen LogP contribution in [-0.4, -0.2) is 9.55 Å². The first-order chi connectivity index (χ1) is 23.2. The normalized spacial score (nSPS) is 14.0. The molecule has 0 radical (unpaired) electrons. The molecule has 0 aliphatic heterocycles. The molecular weight excluding hydrogens is 496 g/mol. The number of aromatic nitrogens is 2. The highest BCUT2D eigenvalue weighted by atomic mass is 15.1. The van der Waals surface area contributed by atoms with Crippen LogP contribution in [0.5, 0.6) is 0 Å². The molecule has 0 saturated carbocycles. The second-order valence-corrected chi connectivity index (χ2v) is 10.1. The van der Waals surface area contributed by atoms with Crippen LogP contribution < -0.4 is 0 Å². The molecule has 2 nitrogen and oxygen atoms in total. The Morgan fingerprint density at radius 3 is 2.05 bits per heavy atom. The van der Waals surface area contributed by atoms with Crippen molar-refractivity contribution < 1.29 is 9.60 Å². The molecule has 1 aromatic heterocycles. The first-order valence-electron chi connectivity index (χ1n) is 17.2. The number of para-hydroxylation sites is 2. The molecule has 8 rings (SSSR count). The molecule has 0 unspecified atom stereocenters. The van der Waals surface area contributed by atoms with Crippen LogP contribution in [0.1, 0.15) is 22.3 Å². The molecule has 8 aromatic rings. The molecule has 0 amide bonds. The lowest BCUT2D eigenvalue weighted by molar-refractivity contribution is 0.908. The van der Waals surface area contributed by atoms with Gasteiger partial charge in [0.1, 0.15) is 5.82 Å². The van der Waals surface area contributed by atoms with Gasteiger partial charge in [-0.1, -0.05) is 122 Å². The lowest BCUT2D eigenvalue weighted by Gasteiger charge is -2.19. The molecule has 1 heterocycles. The SMILES string of the molecule is [2H]c1c([2H])c([2H])c2c(-c3c4ccccc4c(-c4cccc(-n5c(CC)nc6ccccc65)c4)c4ccccc34)c([2H])c([2H])c([2H])c2c1[2H]. The zero-order valence-corrected chi connectivity index (χ0v) is 22.3. The summed E-state index contributed by atoms with van der Waals surface area (Å²) < 4.78 is 63.1. The van der Waals surface area contributed by atoms with Crippen molar-refractivity contribution in [3.63, 3.8) is 0 Å². The molecule has 0 aliphatic carbocycles. The van der Waals surface area contributed by atoms with Crippen LogP contribution in [0.15, 0.2) is 139 Å². The maximum atomic E-state index is 9.16. The average molecular weight is 532 g/mol. The summed E-state index contributed by atoms with van der Waals surface area (Å²) in [4.78, 5) is 4.89. The number of hydrogen-bond donors (Lipinski definition) is 0. The maximum Gasteiger partial charge on any atom is 0.114 e. The maximum absolute atomic E-state index is 9.16. The highest BCUT2D eigenvalue weighted by Gasteiger charge is 2.18. The van der Waals surface area contributed by atoms with Gasteiger partial charge in [-0.15, -0.1) is 0 Å². The van der Waals surface area contributed by atoms with Crippen molar-refractivity contribution >= 4 is 43.4 Å². The van der Waals surface area contributed by atoms with Gasteiger partial charge in [-0.05, 0) is 78.8 Å². The number of fused-ring (bicyclic) bond motifs is 4. The van der Waals surface area contributed by atoms with E-state index in [0.717, 1.165) is 61.6 Å². The minimum atomic E-state index is -0.467. The van der Waals surface area contributed by atoms with Crippen LogP contribution in [-0.2, 0) is 6.42 Å². The number of rotatable bonds is 4. The van der Waals surface area contributed by atoms with Gasteiger partial charge in [0.15, 0.2) is 0 Å². The van der Waals surface area contributed by atoms with Gasteiger partial charge in [-0.3, -0.25) is 4.57 Å². The van der Waals surface area contributed by atoms with Gasteiger partial charge in [-0.25, -0.2) is 4.98 Å². The van der Waals surface area contributed by atoms with Crippen LogP contribution in [0.4, 0.5) is 0 Å².